The molecule has 2 rings (SSSR count). The zero-order valence-corrected chi connectivity index (χ0v) is 15.4. The Kier molecular flexibility index (Phi) is 6.93. The van der Waals surface area contributed by atoms with Crippen molar-refractivity contribution >= 4 is 34.8 Å². The molecule has 0 radical (unpaired) electrons. The summed E-state index contributed by atoms with van der Waals surface area (Å²) in [5.74, 6) is 0.863. The predicted molar refractivity (Wildman–Crippen MR) is 98.8 cm³/mol. The van der Waals surface area contributed by atoms with Crippen molar-refractivity contribution in [1.29, 1.82) is 0 Å². The fourth-order valence-electron chi connectivity index (χ4n) is 2.32. The molecule has 0 aliphatic rings. The Hall–Kier alpha value is -1.95. The Morgan fingerprint density at radius 1 is 1.16 bits per heavy atom. The maximum atomic E-state index is 12.1. The lowest BCUT2D eigenvalue weighted by molar-refractivity contribution is -0.116. The number of hydrogen-bond donors (Lipinski definition) is 2. The van der Waals surface area contributed by atoms with Crippen LogP contribution in [0.5, 0.6) is 11.5 Å². The highest BCUT2D eigenvalue weighted by Gasteiger charge is 2.16. The van der Waals surface area contributed by atoms with Gasteiger partial charge in [-0.1, -0.05) is 23.2 Å². The summed E-state index contributed by atoms with van der Waals surface area (Å²) in [5.41, 5.74) is 1.03. The molecule has 0 bridgehead atoms. The molecule has 1 amide bonds. The maximum absolute atomic E-state index is 12.1. The number of amides is 1. The van der Waals surface area contributed by atoms with Crippen LogP contribution in [0.25, 0.3) is 0 Å². The minimum Gasteiger partial charge on any atom is -0.497 e. The summed E-state index contributed by atoms with van der Waals surface area (Å²) in [6.45, 7) is 0. The van der Waals surface area contributed by atoms with Gasteiger partial charge in [0.1, 0.15) is 11.5 Å². The number of carbonyl (C=O) groups excluding carboxylic acids is 1. The lowest BCUT2D eigenvalue weighted by Gasteiger charge is -2.16. The maximum Gasteiger partial charge on any atom is 0.224 e. The van der Waals surface area contributed by atoms with Crippen LogP contribution in [0, 0.1) is 0 Å². The third-order valence-corrected chi connectivity index (χ3v) is 4.21. The SMILES string of the molecule is COc1ccc(C(O)CCC(=O)Nc2cc(Cl)ccc2Cl)c(OC)c1. The molecule has 2 N–H and O–H groups in total. The van der Waals surface area contributed by atoms with Crippen LogP contribution >= 0.6 is 23.2 Å². The molecule has 1 unspecified atom stereocenters. The number of hydrogen-bond acceptors (Lipinski definition) is 4. The van der Waals surface area contributed by atoms with E-state index in [4.69, 9.17) is 32.7 Å². The number of benzene rings is 2. The molecule has 0 fully saturated rings. The van der Waals surface area contributed by atoms with Crippen LogP contribution in [0.15, 0.2) is 36.4 Å². The molecule has 0 aliphatic heterocycles. The summed E-state index contributed by atoms with van der Waals surface area (Å²) in [5, 5.41) is 13.9. The van der Waals surface area contributed by atoms with Crippen molar-refractivity contribution in [2.45, 2.75) is 18.9 Å². The fraction of sp³-hybridized carbons (Fsp3) is 0.278. The first-order chi connectivity index (χ1) is 11.9. The van der Waals surface area contributed by atoms with Crippen LogP contribution in [0.3, 0.4) is 0 Å². The monoisotopic (exact) mass is 383 g/mol. The molecule has 0 spiro atoms. The molecule has 1 atom stereocenters. The van der Waals surface area contributed by atoms with E-state index in [-0.39, 0.29) is 18.7 Å². The molecule has 0 aromatic heterocycles. The third-order valence-electron chi connectivity index (χ3n) is 3.65. The predicted octanol–water partition coefficient (Wildman–Crippen LogP) is 4.46. The number of anilines is 1. The molecule has 7 heteroatoms. The topological polar surface area (TPSA) is 67.8 Å². The largest absolute Gasteiger partial charge is 0.497 e. The normalized spacial score (nSPS) is 11.7. The third kappa shape index (κ3) is 5.26. The summed E-state index contributed by atoms with van der Waals surface area (Å²) in [6.07, 6.45) is -0.507. The highest BCUT2D eigenvalue weighted by molar-refractivity contribution is 6.35. The number of rotatable bonds is 7. The molecule has 0 saturated heterocycles. The van der Waals surface area contributed by atoms with Crippen molar-refractivity contribution in [3.63, 3.8) is 0 Å². The van der Waals surface area contributed by atoms with Crippen molar-refractivity contribution < 1.29 is 19.4 Å². The molecular weight excluding hydrogens is 365 g/mol. The second-order valence-corrected chi connectivity index (χ2v) is 6.18. The van der Waals surface area contributed by atoms with Gasteiger partial charge in [0.2, 0.25) is 5.91 Å². The van der Waals surface area contributed by atoms with Gasteiger partial charge in [0.25, 0.3) is 0 Å². The van der Waals surface area contributed by atoms with E-state index in [0.717, 1.165) is 0 Å². The number of carbonyl (C=O) groups is 1. The zero-order chi connectivity index (χ0) is 18.4. The first-order valence-corrected chi connectivity index (χ1v) is 8.35. The lowest BCUT2D eigenvalue weighted by Crippen LogP contribution is -2.13. The van der Waals surface area contributed by atoms with Crippen LogP contribution in [0.2, 0.25) is 10.0 Å². The van der Waals surface area contributed by atoms with Crippen molar-refractivity contribution in [3.05, 3.63) is 52.0 Å². The minimum atomic E-state index is -0.846. The van der Waals surface area contributed by atoms with Crippen LogP contribution in [-0.2, 0) is 4.79 Å². The summed E-state index contributed by atoms with van der Waals surface area (Å²) in [4.78, 5) is 12.1. The van der Waals surface area contributed by atoms with E-state index in [2.05, 4.69) is 5.32 Å². The lowest BCUT2D eigenvalue weighted by atomic mass is 10.0. The van der Waals surface area contributed by atoms with Gasteiger partial charge in [-0.3, -0.25) is 4.79 Å². The highest BCUT2D eigenvalue weighted by atomic mass is 35.5. The molecule has 25 heavy (non-hydrogen) atoms. The number of aliphatic hydroxyl groups is 1. The Morgan fingerprint density at radius 3 is 2.60 bits per heavy atom. The molecule has 2 aromatic rings. The second-order valence-electron chi connectivity index (χ2n) is 5.33. The van der Waals surface area contributed by atoms with Gasteiger partial charge in [-0.15, -0.1) is 0 Å². The van der Waals surface area contributed by atoms with Crippen LogP contribution in [0.4, 0.5) is 5.69 Å². The van der Waals surface area contributed by atoms with E-state index >= 15 is 0 Å². The standard InChI is InChI=1S/C18H19Cl2NO4/c1-24-12-4-5-13(17(10-12)25-2)16(22)7-8-18(23)21-15-9-11(19)3-6-14(15)20/h3-6,9-10,16,22H,7-8H2,1-2H3,(H,21,23). The van der Waals surface area contributed by atoms with Crippen molar-refractivity contribution in [2.75, 3.05) is 19.5 Å². The molecule has 5 nitrogen and oxygen atoms in total. The quantitative estimate of drug-likeness (QED) is 0.740. The van der Waals surface area contributed by atoms with Gasteiger partial charge in [0, 0.05) is 23.1 Å². The van der Waals surface area contributed by atoms with Gasteiger partial charge in [0.05, 0.1) is 31.0 Å². The molecule has 0 aliphatic carbocycles. The van der Waals surface area contributed by atoms with Crippen molar-refractivity contribution in [3.8, 4) is 11.5 Å². The van der Waals surface area contributed by atoms with Crippen LogP contribution < -0.4 is 14.8 Å². The van der Waals surface area contributed by atoms with E-state index in [1.165, 1.54) is 7.11 Å². The van der Waals surface area contributed by atoms with E-state index in [0.29, 0.717) is 32.8 Å². The average Bonchev–Trinajstić information content (AvgIpc) is 2.62. The van der Waals surface area contributed by atoms with Gasteiger partial charge < -0.3 is 19.9 Å². The Labute approximate surface area is 156 Å². The fourth-order valence-corrected chi connectivity index (χ4v) is 2.66. The molecule has 2 aromatic carbocycles. The number of aliphatic hydroxyl groups excluding tert-OH is 1. The first-order valence-electron chi connectivity index (χ1n) is 7.59. The van der Waals surface area contributed by atoms with Gasteiger partial charge in [-0.05, 0) is 36.8 Å². The van der Waals surface area contributed by atoms with E-state index < -0.39 is 6.10 Å². The van der Waals surface area contributed by atoms with E-state index in [1.54, 1.807) is 43.5 Å². The zero-order valence-electron chi connectivity index (χ0n) is 13.9. The summed E-state index contributed by atoms with van der Waals surface area (Å²) in [7, 11) is 3.06. The highest BCUT2D eigenvalue weighted by Crippen LogP contribution is 2.32. The minimum absolute atomic E-state index is 0.110. The van der Waals surface area contributed by atoms with Crippen molar-refractivity contribution in [2.24, 2.45) is 0 Å². The van der Waals surface area contributed by atoms with Crippen LogP contribution in [0.1, 0.15) is 24.5 Å². The summed E-state index contributed by atoms with van der Waals surface area (Å²) >= 11 is 11.9. The van der Waals surface area contributed by atoms with E-state index in [1.807, 2.05) is 0 Å². The molecule has 134 valence electrons. The second kappa shape index (κ2) is 8.94. The van der Waals surface area contributed by atoms with E-state index in [9.17, 15) is 9.90 Å². The Balaban J connectivity index is 1.98. The number of halogens is 2. The number of methoxy groups -OCH3 is 2. The molecule has 0 heterocycles. The Morgan fingerprint density at radius 2 is 1.92 bits per heavy atom. The van der Waals surface area contributed by atoms with Gasteiger partial charge in [-0.25, -0.2) is 0 Å². The van der Waals surface area contributed by atoms with Gasteiger partial charge in [-0.2, -0.15) is 0 Å². The van der Waals surface area contributed by atoms with Gasteiger partial charge >= 0.3 is 0 Å². The Bertz CT molecular complexity index is 752. The summed E-state index contributed by atoms with van der Waals surface area (Å²) in [6, 6.07) is 9.95. The van der Waals surface area contributed by atoms with Crippen molar-refractivity contribution in [1.82, 2.24) is 0 Å². The smallest absolute Gasteiger partial charge is 0.224 e. The molecular formula is C18H19Cl2NO4. The van der Waals surface area contributed by atoms with Gasteiger partial charge in [0.15, 0.2) is 0 Å². The summed E-state index contributed by atoms with van der Waals surface area (Å²) < 4.78 is 10.4. The molecule has 0 saturated carbocycles. The number of ether oxygens (including phenoxy) is 2. The van der Waals surface area contributed by atoms with Crippen LogP contribution in [-0.4, -0.2) is 25.2 Å². The average molecular weight is 384 g/mol. The number of nitrogens with one attached hydrogen (secondary N) is 1. The first kappa shape index (κ1) is 19.4.